The van der Waals surface area contributed by atoms with Crippen molar-refractivity contribution in [3.05, 3.63) is 12.2 Å². The van der Waals surface area contributed by atoms with Crippen LogP contribution in [0.3, 0.4) is 0 Å². The molecule has 0 aromatic heterocycles. The first-order chi connectivity index (χ1) is 6.77. The smallest absolute Gasteiger partial charge is 0.333 e. The number of nitrogens with zero attached hydrogens (tertiary/aromatic N) is 1. The second-order valence-electron chi connectivity index (χ2n) is 3.48. The van der Waals surface area contributed by atoms with Gasteiger partial charge in [-0.25, -0.2) is 4.79 Å². The summed E-state index contributed by atoms with van der Waals surface area (Å²) in [6.45, 7) is 8.00. The summed E-state index contributed by atoms with van der Waals surface area (Å²) in [5.41, 5.74) is 0.135. The van der Waals surface area contributed by atoms with Crippen molar-refractivity contribution in [2.75, 3.05) is 0 Å². The Morgan fingerprint density at radius 3 is 2.07 bits per heavy atom. The Morgan fingerprint density at radius 1 is 1.33 bits per heavy atom. The molecule has 0 aromatic carbocycles. The summed E-state index contributed by atoms with van der Waals surface area (Å²) < 4.78 is 4.75. The molecular formula is C9H15NO5. The summed E-state index contributed by atoms with van der Waals surface area (Å²) in [6.07, 6.45) is -1.23. The highest BCUT2D eigenvalue weighted by atomic mass is 16.8. The molecule has 0 spiro atoms. The van der Waals surface area contributed by atoms with Crippen LogP contribution in [0.15, 0.2) is 12.2 Å². The van der Waals surface area contributed by atoms with E-state index in [9.17, 15) is 9.59 Å². The number of hydroxylamine groups is 2. The molecule has 0 saturated carbocycles. The maximum atomic E-state index is 11.2. The Balaban J connectivity index is 4.63. The van der Waals surface area contributed by atoms with Crippen LogP contribution < -0.4 is 0 Å². The van der Waals surface area contributed by atoms with Crippen LogP contribution in [0.1, 0.15) is 20.8 Å². The Bertz CT molecular complexity index is 272. The molecule has 0 rings (SSSR count). The summed E-state index contributed by atoms with van der Waals surface area (Å²) in [5, 5.41) is 16.4. The molecule has 6 nitrogen and oxygen atoms in total. The standard InChI is InChI=1S/C9H15NO5/c1-5(2)7(8(11)10(13)14)15-9(12)6(3)4/h5,7,13-14H,3H2,1-2,4H3. The van der Waals surface area contributed by atoms with Crippen LogP contribution in [-0.2, 0) is 14.3 Å². The van der Waals surface area contributed by atoms with E-state index >= 15 is 0 Å². The Labute approximate surface area is 87.7 Å². The van der Waals surface area contributed by atoms with Crippen LogP contribution in [0.4, 0.5) is 0 Å². The molecule has 0 fully saturated rings. The van der Waals surface area contributed by atoms with E-state index in [0.717, 1.165) is 0 Å². The normalized spacial score (nSPS) is 12.1. The first-order valence-electron chi connectivity index (χ1n) is 4.35. The number of ether oxygens (including phenoxy) is 1. The van der Waals surface area contributed by atoms with Gasteiger partial charge in [-0.15, -0.1) is 0 Å². The highest BCUT2D eigenvalue weighted by molar-refractivity contribution is 5.90. The summed E-state index contributed by atoms with van der Waals surface area (Å²) in [4.78, 5) is 22.3. The number of esters is 1. The fourth-order valence-electron chi connectivity index (χ4n) is 0.801. The van der Waals surface area contributed by atoms with Crippen molar-refractivity contribution in [2.24, 2.45) is 5.92 Å². The van der Waals surface area contributed by atoms with Crippen molar-refractivity contribution < 1.29 is 24.7 Å². The van der Waals surface area contributed by atoms with Gasteiger partial charge in [-0.05, 0) is 12.8 Å². The van der Waals surface area contributed by atoms with Gasteiger partial charge >= 0.3 is 11.9 Å². The van der Waals surface area contributed by atoms with Crippen LogP contribution in [-0.4, -0.2) is 33.6 Å². The number of hydrogen-bond donors (Lipinski definition) is 2. The lowest BCUT2D eigenvalue weighted by Crippen LogP contribution is -2.41. The minimum atomic E-state index is -1.23. The number of amides is 1. The van der Waals surface area contributed by atoms with Gasteiger partial charge in [-0.1, -0.05) is 25.7 Å². The molecule has 1 unspecified atom stereocenters. The molecular weight excluding hydrogens is 202 g/mol. The van der Waals surface area contributed by atoms with Crippen molar-refractivity contribution in [1.29, 1.82) is 0 Å². The van der Waals surface area contributed by atoms with Gasteiger partial charge in [0.25, 0.3) is 0 Å². The average molecular weight is 217 g/mol. The van der Waals surface area contributed by atoms with E-state index in [-0.39, 0.29) is 11.5 Å². The summed E-state index contributed by atoms with van der Waals surface area (Å²) in [5.74, 6) is -2.22. The lowest BCUT2D eigenvalue weighted by Gasteiger charge is -2.21. The van der Waals surface area contributed by atoms with Crippen LogP contribution in [0, 0.1) is 5.92 Å². The molecule has 0 heterocycles. The van der Waals surface area contributed by atoms with Gasteiger partial charge in [0, 0.05) is 5.57 Å². The SMILES string of the molecule is C=C(C)C(=O)OC(C(=O)N(O)O)C(C)C. The highest BCUT2D eigenvalue weighted by Gasteiger charge is 2.30. The third-order valence-corrected chi connectivity index (χ3v) is 1.63. The molecule has 15 heavy (non-hydrogen) atoms. The topological polar surface area (TPSA) is 87.1 Å². The Morgan fingerprint density at radius 2 is 1.80 bits per heavy atom. The largest absolute Gasteiger partial charge is 0.448 e. The predicted octanol–water partition coefficient (Wildman–Crippen LogP) is 0.737. The van der Waals surface area contributed by atoms with Crippen molar-refractivity contribution >= 4 is 11.9 Å². The molecule has 6 heteroatoms. The molecule has 1 amide bonds. The van der Waals surface area contributed by atoms with Crippen molar-refractivity contribution in [3.8, 4) is 0 Å². The third kappa shape index (κ3) is 4.09. The second-order valence-corrected chi connectivity index (χ2v) is 3.48. The van der Waals surface area contributed by atoms with Crippen molar-refractivity contribution in [3.63, 3.8) is 0 Å². The fraction of sp³-hybridized carbons (Fsp3) is 0.556. The van der Waals surface area contributed by atoms with Gasteiger partial charge in [0.1, 0.15) is 0 Å². The summed E-state index contributed by atoms with van der Waals surface area (Å²) in [7, 11) is 0. The number of carbonyl (C=O) groups excluding carboxylic acids is 2. The van der Waals surface area contributed by atoms with Gasteiger partial charge in [-0.2, -0.15) is 0 Å². The third-order valence-electron chi connectivity index (χ3n) is 1.63. The van der Waals surface area contributed by atoms with Gasteiger partial charge < -0.3 is 4.74 Å². The Hall–Kier alpha value is -1.40. The van der Waals surface area contributed by atoms with Crippen molar-refractivity contribution in [1.82, 2.24) is 5.23 Å². The molecule has 0 aromatic rings. The summed E-state index contributed by atoms with van der Waals surface area (Å²) >= 11 is 0. The van der Waals surface area contributed by atoms with Crippen LogP contribution in [0.5, 0.6) is 0 Å². The van der Waals surface area contributed by atoms with Gasteiger partial charge in [0.2, 0.25) is 0 Å². The van der Waals surface area contributed by atoms with Crippen molar-refractivity contribution in [2.45, 2.75) is 26.9 Å². The number of rotatable bonds is 4. The first-order valence-corrected chi connectivity index (χ1v) is 4.35. The number of hydrogen-bond acceptors (Lipinski definition) is 5. The average Bonchev–Trinajstić information content (AvgIpc) is 2.11. The lowest BCUT2D eigenvalue weighted by atomic mass is 10.1. The molecule has 0 aliphatic carbocycles. The molecule has 0 radical (unpaired) electrons. The molecule has 0 aliphatic rings. The number of carbonyl (C=O) groups is 2. The van der Waals surface area contributed by atoms with E-state index in [4.69, 9.17) is 15.2 Å². The second kappa shape index (κ2) is 5.47. The Kier molecular flexibility index (Phi) is 4.96. The highest BCUT2D eigenvalue weighted by Crippen LogP contribution is 2.11. The van der Waals surface area contributed by atoms with E-state index in [0.29, 0.717) is 0 Å². The van der Waals surface area contributed by atoms with Gasteiger partial charge in [-0.3, -0.25) is 15.2 Å². The molecule has 0 aliphatic heterocycles. The van der Waals surface area contributed by atoms with Gasteiger partial charge in [0.15, 0.2) is 6.10 Å². The molecule has 2 N–H and O–H groups in total. The zero-order chi connectivity index (χ0) is 12.2. The lowest BCUT2D eigenvalue weighted by molar-refractivity contribution is -0.291. The molecule has 1 atom stereocenters. The minimum absolute atomic E-state index is 0.135. The summed E-state index contributed by atoms with van der Waals surface area (Å²) in [6, 6.07) is 0. The minimum Gasteiger partial charge on any atom is -0.448 e. The molecule has 0 bridgehead atoms. The van der Waals surface area contributed by atoms with Crippen LogP contribution >= 0.6 is 0 Å². The monoisotopic (exact) mass is 217 g/mol. The van der Waals surface area contributed by atoms with Gasteiger partial charge in [0.05, 0.1) is 0 Å². The maximum Gasteiger partial charge on any atom is 0.333 e. The maximum absolute atomic E-state index is 11.2. The van der Waals surface area contributed by atoms with Crippen LogP contribution in [0.25, 0.3) is 0 Å². The quantitative estimate of drug-likeness (QED) is 0.314. The van der Waals surface area contributed by atoms with E-state index < -0.39 is 23.2 Å². The van der Waals surface area contributed by atoms with E-state index in [2.05, 4.69) is 6.58 Å². The first kappa shape index (κ1) is 13.6. The zero-order valence-corrected chi connectivity index (χ0v) is 8.93. The molecule has 0 saturated heterocycles. The van der Waals surface area contributed by atoms with E-state index in [1.165, 1.54) is 6.92 Å². The van der Waals surface area contributed by atoms with Crippen LogP contribution in [0.2, 0.25) is 0 Å². The fourth-order valence-corrected chi connectivity index (χ4v) is 0.801. The zero-order valence-electron chi connectivity index (χ0n) is 8.93. The van der Waals surface area contributed by atoms with E-state index in [1.807, 2.05) is 0 Å². The predicted molar refractivity (Wildman–Crippen MR) is 50.0 cm³/mol. The molecule has 86 valence electrons. The van der Waals surface area contributed by atoms with E-state index in [1.54, 1.807) is 13.8 Å².